The summed E-state index contributed by atoms with van der Waals surface area (Å²) in [4.78, 5) is 0. The molecule has 1 saturated heterocycles. The third-order valence-corrected chi connectivity index (χ3v) is 3.92. The lowest BCUT2D eigenvalue weighted by molar-refractivity contribution is 0.110. The van der Waals surface area contributed by atoms with E-state index in [9.17, 15) is 0 Å². The molecule has 3 nitrogen and oxygen atoms in total. The van der Waals surface area contributed by atoms with Crippen molar-refractivity contribution >= 4 is 23.3 Å². The van der Waals surface area contributed by atoms with Gasteiger partial charge in [0.25, 0.3) is 0 Å². The van der Waals surface area contributed by atoms with Crippen molar-refractivity contribution in [3.8, 4) is 0 Å². The molecule has 110 valence electrons. The number of fused-ring (bicyclic) bond motifs is 1. The summed E-state index contributed by atoms with van der Waals surface area (Å²) in [6.07, 6.45) is 5.10. The van der Waals surface area contributed by atoms with Gasteiger partial charge < -0.3 is 14.6 Å². The Hall–Kier alpha value is -1.03. The van der Waals surface area contributed by atoms with Gasteiger partial charge in [-0.3, -0.25) is 0 Å². The van der Waals surface area contributed by atoms with E-state index in [0.29, 0.717) is 6.10 Å². The Balaban J connectivity index is 0.00000147. The molecule has 2 aromatic rings. The van der Waals surface area contributed by atoms with Gasteiger partial charge in [0.05, 0.1) is 6.10 Å². The van der Waals surface area contributed by atoms with Gasteiger partial charge >= 0.3 is 0 Å². The smallest absolute Gasteiger partial charge is 0.0700 e. The Morgan fingerprint density at radius 1 is 1.35 bits per heavy atom. The normalized spacial score (nSPS) is 18.4. The van der Waals surface area contributed by atoms with Crippen LogP contribution in [0.4, 0.5) is 0 Å². The minimum atomic E-state index is 0. The van der Waals surface area contributed by atoms with Crippen molar-refractivity contribution in [1.82, 2.24) is 9.88 Å². The number of aromatic nitrogens is 1. The molecule has 4 heteroatoms. The molecule has 3 rings (SSSR count). The van der Waals surface area contributed by atoms with Crippen LogP contribution in [0.15, 0.2) is 30.5 Å². The average molecular weight is 295 g/mol. The first-order valence-corrected chi connectivity index (χ1v) is 7.27. The standard InChI is InChI=1S/C16H22N2O.ClH/c1-2-18-12-13(15-7-3-4-8-16(15)18)10-17-11-14-6-5-9-19-14;/h3-4,7-8,12,14,17H,2,5-6,9-11H2,1H3;1H. The predicted molar refractivity (Wildman–Crippen MR) is 85.5 cm³/mol. The summed E-state index contributed by atoms with van der Waals surface area (Å²) in [5.41, 5.74) is 2.72. The molecular weight excluding hydrogens is 272 g/mol. The molecule has 2 heterocycles. The van der Waals surface area contributed by atoms with E-state index >= 15 is 0 Å². The van der Waals surface area contributed by atoms with E-state index in [1.807, 2.05) is 0 Å². The largest absolute Gasteiger partial charge is 0.377 e. The van der Waals surface area contributed by atoms with Gasteiger partial charge in [-0.05, 0) is 31.4 Å². The van der Waals surface area contributed by atoms with Crippen molar-refractivity contribution in [3.05, 3.63) is 36.0 Å². The molecule has 0 spiro atoms. The fourth-order valence-electron chi connectivity index (χ4n) is 2.90. The van der Waals surface area contributed by atoms with Crippen LogP contribution in [0.3, 0.4) is 0 Å². The van der Waals surface area contributed by atoms with Gasteiger partial charge in [-0.15, -0.1) is 12.4 Å². The van der Waals surface area contributed by atoms with Crippen molar-refractivity contribution < 1.29 is 4.74 Å². The fourth-order valence-corrected chi connectivity index (χ4v) is 2.90. The zero-order valence-electron chi connectivity index (χ0n) is 12.0. The van der Waals surface area contributed by atoms with Crippen molar-refractivity contribution in [2.24, 2.45) is 0 Å². The molecule has 1 atom stereocenters. The molecule has 1 aromatic carbocycles. The summed E-state index contributed by atoms with van der Waals surface area (Å²) in [7, 11) is 0. The first-order valence-electron chi connectivity index (χ1n) is 7.27. The lowest BCUT2D eigenvalue weighted by Gasteiger charge is -2.10. The lowest BCUT2D eigenvalue weighted by atomic mass is 10.1. The maximum absolute atomic E-state index is 5.64. The summed E-state index contributed by atoms with van der Waals surface area (Å²) in [6.45, 7) is 6.03. The molecule has 1 aromatic heterocycles. The third-order valence-electron chi connectivity index (χ3n) is 3.92. The zero-order chi connectivity index (χ0) is 13.1. The maximum Gasteiger partial charge on any atom is 0.0700 e. The number of hydrogen-bond acceptors (Lipinski definition) is 2. The van der Waals surface area contributed by atoms with Gasteiger partial charge in [0.1, 0.15) is 0 Å². The third kappa shape index (κ3) is 3.17. The van der Waals surface area contributed by atoms with Gasteiger partial charge in [0.2, 0.25) is 0 Å². The van der Waals surface area contributed by atoms with Gasteiger partial charge in [0, 0.05) is 43.3 Å². The Labute approximate surface area is 126 Å². The molecule has 0 aliphatic carbocycles. The number of nitrogens with zero attached hydrogens (tertiary/aromatic N) is 1. The topological polar surface area (TPSA) is 26.2 Å². The van der Waals surface area contributed by atoms with Crippen LogP contribution in [-0.2, 0) is 17.8 Å². The number of nitrogens with one attached hydrogen (secondary N) is 1. The van der Waals surface area contributed by atoms with E-state index in [1.165, 1.54) is 29.3 Å². The summed E-state index contributed by atoms with van der Waals surface area (Å²) in [5.74, 6) is 0. The van der Waals surface area contributed by atoms with Crippen LogP contribution in [-0.4, -0.2) is 23.8 Å². The number of aryl methyl sites for hydroxylation is 1. The SMILES string of the molecule is CCn1cc(CNCC2CCCO2)c2ccccc21.Cl. The van der Waals surface area contributed by atoms with Crippen LogP contribution in [0.5, 0.6) is 0 Å². The van der Waals surface area contributed by atoms with E-state index in [1.54, 1.807) is 0 Å². The Kier molecular flexibility index (Phi) is 5.46. The molecule has 1 N–H and O–H groups in total. The van der Waals surface area contributed by atoms with E-state index in [0.717, 1.165) is 26.2 Å². The molecule has 1 fully saturated rings. The minimum Gasteiger partial charge on any atom is -0.377 e. The van der Waals surface area contributed by atoms with E-state index < -0.39 is 0 Å². The highest BCUT2D eigenvalue weighted by Gasteiger charge is 2.15. The van der Waals surface area contributed by atoms with Crippen molar-refractivity contribution in [2.75, 3.05) is 13.2 Å². The monoisotopic (exact) mass is 294 g/mol. The fraction of sp³-hybridized carbons (Fsp3) is 0.500. The second-order valence-electron chi connectivity index (χ2n) is 5.22. The molecule has 0 saturated carbocycles. The van der Waals surface area contributed by atoms with E-state index in [-0.39, 0.29) is 12.4 Å². The van der Waals surface area contributed by atoms with Crippen LogP contribution in [0.25, 0.3) is 10.9 Å². The molecule has 1 aliphatic heterocycles. The number of hydrogen-bond donors (Lipinski definition) is 1. The van der Waals surface area contributed by atoms with Gasteiger partial charge in [-0.2, -0.15) is 0 Å². The summed E-state index contributed by atoms with van der Waals surface area (Å²) in [6, 6.07) is 8.64. The van der Waals surface area contributed by atoms with Gasteiger partial charge in [-0.1, -0.05) is 18.2 Å². The minimum absolute atomic E-state index is 0. The Morgan fingerprint density at radius 3 is 2.95 bits per heavy atom. The number of rotatable bonds is 5. The number of ether oxygens (including phenoxy) is 1. The van der Waals surface area contributed by atoms with Crippen LogP contribution >= 0.6 is 12.4 Å². The average Bonchev–Trinajstić information content (AvgIpc) is 3.07. The molecule has 1 aliphatic rings. The maximum atomic E-state index is 5.64. The predicted octanol–water partition coefficient (Wildman–Crippen LogP) is 3.35. The molecule has 0 amide bonds. The number of para-hydroxylation sites is 1. The van der Waals surface area contributed by atoms with Crippen molar-refractivity contribution in [3.63, 3.8) is 0 Å². The van der Waals surface area contributed by atoms with Crippen molar-refractivity contribution in [1.29, 1.82) is 0 Å². The molecular formula is C16H23ClN2O. The van der Waals surface area contributed by atoms with E-state index in [4.69, 9.17) is 4.74 Å². The second kappa shape index (κ2) is 7.11. The number of halogens is 1. The summed E-state index contributed by atoms with van der Waals surface area (Å²) in [5, 5.41) is 4.90. The van der Waals surface area contributed by atoms with Gasteiger partial charge in [0.15, 0.2) is 0 Å². The van der Waals surface area contributed by atoms with Gasteiger partial charge in [-0.25, -0.2) is 0 Å². The number of benzene rings is 1. The highest BCUT2D eigenvalue weighted by molar-refractivity contribution is 5.85. The van der Waals surface area contributed by atoms with Crippen LogP contribution < -0.4 is 5.32 Å². The lowest BCUT2D eigenvalue weighted by Crippen LogP contribution is -2.25. The Morgan fingerprint density at radius 2 is 2.20 bits per heavy atom. The summed E-state index contributed by atoms with van der Waals surface area (Å²) < 4.78 is 7.95. The van der Waals surface area contributed by atoms with Crippen LogP contribution in [0.2, 0.25) is 0 Å². The molecule has 0 radical (unpaired) electrons. The van der Waals surface area contributed by atoms with Crippen LogP contribution in [0.1, 0.15) is 25.3 Å². The quantitative estimate of drug-likeness (QED) is 0.915. The first kappa shape index (κ1) is 15.4. The molecule has 20 heavy (non-hydrogen) atoms. The van der Waals surface area contributed by atoms with Crippen LogP contribution in [0, 0.1) is 0 Å². The second-order valence-corrected chi connectivity index (χ2v) is 5.22. The Bertz CT molecular complexity index is 546. The highest BCUT2D eigenvalue weighted by atomic mass is 35.5. The van der Waals surface area contributed by atoms with E-state index in [2.05, 4.69) is 47.3 Å². The molecule has 1 unspecified atom stereocenters. The molecule has 0 bridgehead atoms. The van der Waals surface area contributed by atoms with Crippen molar-refractivity contribution in [2.45, 2.75) is 39.0 Å². The zero-order valence-corrected chi connectivity index (χ0v) is 12.8. The highest BCUT2D eigenvalue weighted by Crippen LogP contribution is 2.21. The summed E-state index contributed by atoms with van der Waals surface area (Å²) >= 11 is 0. The first-order chi connectivity index (χ1) is 9.38.